The maximum absolute atomic E-state index is 12.6. The van der Waals surface area contributed by atoms with E-state index in [0.29, 0.717) is 26.1 Å². The van der Waals surface area contributed by atoms with E-state index in [1.807, 2.05) is 31.2 Å². The molecule has 0 radical (unpaired) electrons. The zero-order chi connectivity index (χ0) is 15.0. The highest BCUT2D eigenvalue weighted by molar-refractivity contribution is 5.81. The third kappa shape index (κ3) is 2.60. The van der Waals surface area contributed by atoms with Gasteiger partial charge in [0.1, 0.15) is 12.4 Å². The quantitative estimate of drug-likeness (QED) is 0.894. The van der Waals surface area contributed by atoms with Crippen molar-refractivity contribution in [2.24, 2.45) is 17.8 Å². The van der Waals surface area contributed by atoms with Crippen molar-refractivity contribution < 1.29 is 19.4 Å². The van der Waals surface area contributed by atoms with Crippen molar-refractivity contribution >= 4 is 11.9 Å². The fourth-order valence-corrected chi connectivity index (χ4v) is 3.21. The number of carbonyl (C=O) groups excluding carboxylic acids is 1. The second-order valence-electron chi connectivity index (χ2n) is 5.99. The van der Waals surface area contributed by atoms with Crippen LogP contribution in [0.1, 0.15) is 12.5 Å². The molecule has 1 amide bonds. The van der Waals surface area contributed by atoms with Crippen LogP contribution in [0.15, 0.2) is 24.3 Å². The van der Waals surface area contributed by atoms with Gasteiger partial charge in [-0.1, -0.05) is 25.1 Å². The molecular formula is C16H19NO4. The molecular weight excluding hydrogens is 270 g/mol. The summed E-state index contributed by atoms with van der Waals surface area (Å²) in [5, 5.41) is 9.16. The molecule has 1 aromatic carbocycles. The van der Waals surface area contributed by atoms with Crippen LogP contribution in [0.2, 0.25) is 0 Å². The Hall–Kier alpha value is -2.04. The smallest absolute Gasteiger partial charge is 0.308 e. The first-order valence-corrected chi connectivity index (χ1v) is 7.28. The van der Waals surface area contributed by atoms with Crippen LogP contribution < -0.4 is 4.74 Å². The van der Waals surface area contributed by atoms with Crippen molar-refractivity contribution in [2.75, 3.05) is 19.7 Å². The lowest BCUT2D eigenvalue weighted by molar-refractivity contribution is -0.142. The molecule has 5 heteroatoms. The van der Waals surface area contributed by atoms with Gasteiger partial charge >= 0.3 is 5.97 Å². The van der Waals surface area contributed by atoms with E-state index in [1.165, 1.54) is 0 Å². The van der Waals surface area contributed by atoms with Crippen LogP contribution in [0.3, 0.4) is 0 Å². The number of amides is 1. The molecule has 1 fully saturated rings. The van der Waals surface area contributed by atoms with E-state index >= 15 is 0 Å². The Bertz CT molecular complexity index is 571. The third-order valence-corrected chi connectivity index (χ3v) is 4.47. The minimum Gasteiger partial charge on any atom is -0.492 e. The molecule has 0 saturated carbocycles. The molecule has 1 N–H and O–H groups in total. The number of hydrogen-bond donors (Lipinski definition) is 1. The Kier molecular flexibility index (Phi) is 3.57. The van der Waals surface area contributed by atoms with E-state index in [0.717, 1.165) is 11.3 Å². The van der Waals surface area contributed by atoms with E-state index in [4.69, 9.17) is 9.84 Å². The lowest BCUT2D eigenvalue weighted by Crippen LogP contribution is -2.40. The summed E-state index contributed by atoms with van der Waals surface area (Å²) >= 11 is 0. The second kappa shape index (κ2) is 5.39. The Morgan fingerprint density at radius 2 is 2.05 bits per heavy atom. The van der Waals surface area contributed by atoms with Crippen molar-refractivity contribution in [1.82, 2.24) is 4.90 Å². The van der Waals surface area contributed by atoms with Crippen LogP contribution in [0.5, 0.6) is 5.75 Å². The highest BCUT2D eigenvalue weighted by Crippen LogP contribution is 2.30. The van der Waals surface area contributed by atoms with Gasteiger partial charge in [-0.15, -0.1) is 0 Å². The number of benzene rings is 1. The molecule has 0 spiro atoms. The number of para-hydroxylation sites is 1. The van der Waals surface area contributed by atoms with Gasteiger partial charge in [-0.2, -0.15) is 0 Å². The molecule has 112 valence electrons. The Morgan fingerprint density at radius 3 is 2.76 bits per heavy atom. The number of hydrogen-bond acceptors (Lipinski definition) is 3. The van der Waals surface area contributed by atoms with Crippen LogP contribution in [-0.2, 0) is 16.0 Å². The number of fused-ring (bicyclic) bond motifs is 1. The van der Waals surface area contributed by atoms with Crippen molar-refractivity contribution in [3.8, 4) is 5.75 Å². The minimum atomic E-state index is -0.817. The fourth-order valence-electron chi connectivity index (χ4n) is 3.21. The summed E-state index contributed by atoms with van der Waals surface area (Å²) in [6, 6.07) is 7.74. The number of carboxylic acid groups (broad SMARTS) is 1. The van der Waals surface area contributed by atoms with Gasteiger partial charge in [0, 0.05) is 13.1 Å². The van der Waals surface area contributed by atoms with Crippen LogP contribution in [0.4, 0.5) is 0 Å². The average molecular weight is 289 g/mol. The SMILES string of the molecule is C[C@@H]1CN(C(=O)C2COc3ccccc3C2)C[C@H]1C(=O)O. The average Bonchev–Trinajstić information content (AvgIpc) is 2.88. The number of nitrogens with zero attached hydrogens (tertiary/aromatic N) is 1. The molecule has 5 nitrogen and oxygen atoms in total. The lowest BCUT2D eigenvalue weighted by Gasteiger charge is -2.28. The van der Waals surface area contributed by atoms with Gasteiger partial charge in [0.25, 0.3) is 0 Å². The maximum Gasteiger partial charge on any atom is 0.308 e. The summed E-state index contributed by atoms with van der Waals surface area (Å²) in [6.45, 7) is 3.10. The number of carbonyl (C=O) groups is 2. The van der Waals surface area contributed by atoms with Gasteiger partial charge in [-0.3, -0.25) is 9.59 Å². The molecule has 1 unspecified atom stereocenters. The molecule has 2 heterocycles. The monoisotopic (exact) mass is 289 g/mol. The van der Waals surface area contributed by atoms with E-state index < -0.39 is 11.9 Å². The molecule has 0 bridgehead atoms. The number of rotatable bonds is 2. The van der Waals surface area contributed by atoms with Crippen LogP contribution >= 0.6 is 0 Å². The third-order valence-electron chi connectivity index (χ3n) is 4.47. The van der Waals surface area contributed by atoms with E-state index in [-0.39, 0.29) is 17.7 Å². The standard InChI is InChI=1S/C16H19NO4/c1-10-7-17(8-13(10)16(19)20)15(18)12-6-11-4-2-3-5-14(11)21-9-12/h2-5,10,12-13H,6-9H2,1H3,(H,19,20)/t10-,12?,13-/m1/s1. The van der Waals surface area contributed by atoms with Crippen molar-refractivity contribution in [1.29, 1.82) is 0 Å². The molecule has 21 heavy (non-hydrogen) atoms. The Balaban J connectivity index is 1.69. The molecule has 3 rings (SSSR count). The molecule has 1 aromatic rings. The molecule has 2 aliphatic heterocycles. The molecule has 2 aliphatic rings. The van der Waals surface area contributed by atoms with Crippen LogP contribution in [0, 0.1) is 17.8 Å². The molecule has 0 aromatic heterocycles. The summed E-state index contributed by atoms with van der Waals surface area (Å²) in [5.41, 5.74) is 1.05. The van der Waals surface area contributed by atoms with Gasteiger partial charge in [0.15, 0.2) is 0 Å². The van der Waals surface area contributed by atoms with E-state index in [2.05, 4.69) is 0 Å². The number of aliphatic carboxylic acids is 1. The topological polar surface area (TPSA) is 66.8 Å². The lowest BCUT2D eigenvalue weighted by atomic mass is 9.95. The van der Waals surface area contributed by atoms with Gasteiger partial charge in [0.05, 0.1) is 11.8 Å². The summed E-state index contributed by atoms with van der Waals surface area (Å²) < 4.78 is 5.65. The number of ether oxygens (including phenoxy) is 1. The summed E-state index contributed by atoms with van der Waals surface area (Å²) in [7, 11) is 0. The first kappa shape index (κ1) is 13.9. The van der Waals surface area contributed by atoms with Gasteiger partial charge in [-0.25, -0.2) is 0 Å². The maximum atomic E-state index is 12.6. The largest absolute Gasteiger partial charge is 0.492 e. The normalized spacial score (nSPS) is 27.9. The van der Waals surface area contributed by atoms with Crippen LogP contribution in [0.25, 0.3) is 0 Å². The van der Waals surface area contributed by atoms with Gasteiger partial charge in [-0.05, 0) is 24.0 Å². The van der Waals surface area contributed by atoms with E-state index in [9.17, 15) is 9.59 Å². The molecule has 0 aliphatic carbocycles. The Labute approximate surface area is 123 Å². The van der Waals surface area contributed by atoms with Crippen LogP contribution in [-0.4, -0.2) is 41.6 Å². The zero-order valence-corrected chi connectivity index (χ0v) is 12.0. The molecule has 3 atom stereocenters. The summed E-state index contributed by atoms with van der Waals surface area (Å²) in [5.74, 6) is -0.614. The first-order chi connectivity index (χ1) is 10.1. The van der Waals surface area contributed by atoms with Gasteiger partial charge < -0.3 is 14.7 Å². The first-order valence-electron chi connectivity index (χ1n) is 7.28. The highest BCUT2D eigenvalue weighted by Gasteiger charge is 2.39. The minimum absolute atomic E-state index is 0.00300. The fraction of sp³-hybridized carbons (Fsp3) is 0.500. The van der Waals surface area contributed by atoms with Crippen molar-refractivity contribution in [2.45, 2.75) is 13.3 Å². The Morgan fingerprint density at radius 1 is 1.29 bits per heavy atom. The second-order valence-corrected chi connectivity index (χ2v) is 5.99. The highest BCUT2D eigenvalue weighted by atomic mass is 16.5. The van der Waals surface area contributed by atoms with Crippen molar-refractivity contribution in [3.05, 3.63) is 29.8 Å². The zero-order valence-electron chi connectivity index (χ0n) is 12.0. The van der Waals surface area contributed by atoms with E-state index in [1.54, 1.807) is 4.90 Å². The molecule has 1 saturated heterocycles. The summed E-state index contributed by atoms with van der Waals surface area (Å²) in [4.78, 5) is 25.4. The van der Waals surface area contributed by atoms with Gasteiger partial charge in [0.2, 0.25) is 5.91 Å². The predicted molar refractivity (Wildman–Crippen MR) is 76.0 cm³/mol. The number of likely N-dealkylation sites (tertiary alicyclic amines) is 1. The van der Waals surface area contributed by atoms with Crippen molar-refractivity contribution in [3.63, 3.8) is 0 Å². The number of carboxylic acids is 1. The predicted octanol–water partition coefficient (Wildman–Crippen LogP) is 1.42. The summed E-state index contributed by atoms with van der Waals surface area (Å²) in [6.07, 6.45) is 0.664.